The van der Waals surface area contributed by atoms with Crippen LogP contribution in [0.3, 0.4) is 0 Å². The van der Waals surface area contributed by atoms with Gasteiger partial charge in [-0.1, -0.05) is 154 Å². The predicted molar refractivity (Wildman–Crippen MR) is 216 cm³/mol. The average molecular weight is 719 g/mol. The smallest absolute Gasteiger partial charge is 0.326 e. The number of nitrogens with one attached hydrogen (secondary N) is 1. The van der Waals surface area contributed by atoms with Crippen LogP contribution in [-0.2, 0) is 19.1 Å². The van der Waals surface area contributed by atoms with E-state index in [0.717, 1.165) is 77.0 Å². The first-order valence-corrected chi connectivity index (χ1v) is 21.7. The number of carbonyl (C=O) groups excluding carboxylic acids is 2. The largest absolute Gasteiger partial charge is 0.480 e. The summed E-state index contributed by atoms with van der Waals surface area (Å²) in [7, 11) is 0. The molecule has 0 radical (unpaired) electrons. The van der Waals surface area contributed by atoms with Crippen LogP contribution in [-0.4, -0.2) is 41.6 Å². The van der Waals surface area contributed by atoms with Gasteiger partial charge in [0.25, 0.3) is 0 Å². The van der Waals surface area contributed by atoms with E-state index in [1.54, 1.807) is 0 Å². The van der Waals surface area contributed by atoms with Crippen molar-refractivity contribution in [3.8, 4) is 0 Å². The molecule has 4 N–H and O–H groups in total. The van der Waals surface area contributed by atoms with E-state index in [2.05, 4.69) is 43.5 Å². The van der Waals surface area contributed by atoms with E-state index in [1.807, 2.05) is 0 Å². The summed E-state index contributed by atoms with van der Waals surface area (Å²) in [6.45, 7) is 4.93. The highest BCUT2D eigenvalue weighted by Gasteiger charge is 2.19. The third-order valence-electron chi connectivity index (χ3n) is 9.77. The van der Waals surface area contributed by atoms with Crippen molar-refractivity contribution in [1.29, 1.82) is 0 Å². The van der Waals surface area contributed by atoms with Crippen molar-refractivity contribution >= 4 is 17.8 Å². The standard InChI is InChI=1S/C44H82N2O5/c1-3-5-7-9-11-13-15-17-18-20-22-25-29-34-40(51-43(48)38-32-28-23-21-19-16-14-12-10-8-6-4-2)35-30-26-24-27-31-37-42(47)46-41(44(49)50)36-33-39-45/h15,17,20,22,40-41H,3-14,16,18-19,21,23-39,45H2,1-2H3,(H,46,47)(H,49,50)/b17-15-,22-20-. The van der Waals surface area contributed by atoms with Gasteiger partial charge in [-0.25, -0.2) is 4.79 Å². The Balaban J connectivity index is 4.39. The SMILES string of the molecule is CCCCCCC/C=C\C/C=C\CCCC(CCCCCCCC(=O)NC(CCCN)C(=O)O)OC(=O)CCCCCCCCCCCCCC. The Bertz CT molecular complexity index is 858. The fourth-order valence-electron chi connectivity index (χ4n) is 6.49. The van der Waals surface area contributed by atoms with Crippen LogP contribution >= 0.6 is 0 Å². The number of aliphatic carboxylic acids is 1. The summed E-state index contributed by atoms with van der Waals surface area (Å²) >= 11 is 0. The number of rotatable bonds is 39. The van der Waals surface area contributed by atoms with Crippen molar-refractivity contribution < 1.29 is 24.2 Å². The van der Waals surface area contributed by atoms with Crippen molar-refractivity contribution in [2.24, 2.45) is 5.73 Å². The molecule has 1 amide bonds. The van der Waals surface area contributed by atoms with E-state index in [9.17, 15) is 19.5 Å². The highest BCUT2D eigenvalue weighted by Crippen LogP contribution is 2.18. The number of carboxylic acid groups (broad SMARTS) is 1. The lowest BCUT2D eigenvalue weighted by Crippen LogP contribution is -2.40. The second kappa shape index (κ2) is 39.1. The lowest BCUT2D eigenvalue weighted by Gasteiger charge is -2.18. The van der Waals surface area contributed by atoms with Crippen LogP contribution in [0.4, 0.5) is 0 Å². The van der Waals surface area contributed by atoms with E-state index in [1.165, 1.54) is 103 Å². The molecule has 0 spiro atoms. The first-order chi connectivity index (χ1) is 24.9. The number of carbonyl (C=O) groups is 3. The number of allylic oxidation sites excluding steroid dienone is 4. The first kappa shape index (κ1) is 48.9. The number of hydrogen-bond acceptors (Lipinski definition) is 5. The number of hydrogen-bond donors (Lipinski definition) is 3. The van der Waals surface area contributed by atoms with E-state index < -0.39 is 12.0 Å². The molecule has 0 aliphatic carbocycles. The minimum absolute atomic E-state index is 0.0249. The van der Waals surface area contributed by atoms with E-state index in [-0.39, 0.29) is 18.0 Å². The molecule has 2 unspecified atom stereocenters. The van der Waals surface area contributed by atoms with Crippen molar-refractivity contribution in [3.63, 3.8) is 0 Å². The summed E-state index contributed by atoms with van der Waals surface area (Å²) in [4.78, 5) is 36.3. The molecular weight excluding hydrogens is 636 g/mol. The predicted octanol–water partition coefficient (Wildman–Crippen LogP) is 12.1. The van der Waals surface area contributed by atoms with Crippen molar-refractivity contribution in [1.82, 2.24) is 5.32 Å². The van der Waals surface area contributed by atoms with Crippen LogP contribution < -0.4 is 11.1 Å². The van der Waals surface area contributed by atoms with Crippen LogP contribution in [0.15, 0.2) is 24.3 Å². The van der Waals surface area contributed by atoms with Gasteiger partial charge in [-0.2, -0.15) is 0 Å². The van der Waals surface area contributed by atoms with E-state index >= 15 is 0 Å². The molecule has 2 atom stereocenters. The molecule has 0 saturated heterocycles. The van der Waals surface area contributed by atoms with Crippen LogP contribution in [0.1, 0.15) is 219 Å². The third kappa shape index (κ3) is 36.0. The van der Waals surface area contributed by atoms with Gasteiger partial charge in [0.15, 0.2) is 0 Å². The molecule has 0 aromatic heterocycles. The van der Waals surface area contributed by atoms with Crippen molar-refractivity contribution in [2.45, 2.75) is 231 Å². The number of carboxylic acids is 1. The Labute approximate surface area is 314 Å². The van der Waals surface area contributed by atoms with E-state index in [0.29, 0.717) is 32.2 Å². The van der Waals surface area contributed by atoms with Gasteiger partial charge in [-0.05, 0) is 83.6 Å². The topological polar surface area (TPSA) is 119 Å². The zero-order chi connectivity index (χ0) is 37.5. The molecule has 0 fully saturated rings. The molecule has 0 aromatic carbocycles. The molecule has 298 valence electrons. The number of nitrogens with two attached hydrogens (primary N) is 1. The van der Waals surface area contributed by atoms with Gasteiger partial charge in [0.1, 0.15) is 12.1 Å². The number of ether oxygens (including phenoxy) is 1. The van der Waals surface area contributed by atoms with Crippen LogP contribution in [0.2, 0.25) is 0 Å². The Morgan fingerprint density at radius 2 is 1.04 bits per heavy atom. The number of amides is 1. The Morgan fingerprint density at radius 3 is 1.59 bits per heavy atom. The van der Waals surface area contributed by atoms with Gasteiger partial charge >= 0.3 is 11.9 Å². The molecule has 0 saturated carbocycles. The molecule has 51 heavy (non-hydrogen) atoms. The van der Waals surface area contributed by atoms with Crippen molar-refractivity contribution in [2.75, 3.05) is 6.54 Å². The lowest BCUT2D eigenvalue weighted by molar-refractivity contribution is -0.150. The Hall–Kier alpha value is -2.15. The second-order valence-electron chi connectivity index (χ2n) is 14.8. The molecular formula is C44H82N2O5. The maximum absolute atomic E-state index is 12.8. The quantitative estimate of drug-likeness (QED) is 0.0331. The van der Waals surface area contributed by atoms with Gasteiger partial charge in [-0.3, -0.25) is 9.59 Å². The van der Waals surface area contributed by atoms with Gasteiger partial charge < -0.3 is 20.9 Å². The fourth-order valence-corrected chi connectivity index (χ4v) is 6.49. The Kier molecular flexibility index (Phi) is 37.4. The summed E-state index contributed by atoms with van der Waals surface area (Å²) in [5.74, 6) is -1.25. The van der Waals surface area contributed by atoms with E-state index in [4.69, 9.17) is 10.5 Å². The van der Waals surface area contributed by atoms with Crippen LogP contribution in [0.5, 0.6) is 0 Å². The summed E-state index contributed by atoms with van der Waals surface area (Å²) in [6.07, 6.45) is 43.6. The average Bonchev–Trinajstić information content (AvgIpc) is 3.11. The first-order valence-electron chi connectivity index (χ1n) is 21.7. The van der Waals surface area contributed by atoms with Gasteiger partial charge in [0.05, 0.1) is 0 Å². The summed E-state index contributed by atoms with van der Waals surface area (Å²) in [5, 5.41) is 11.9. The summed E-state index contributed by atoms with van der Waals surface area (Å²) < 4.78 is 6.02. The maximum Gasteiger partial charge on any atom is 0.326 e. The highest BCUT2D eigenvalue weighted by molar-refractivity contribution is 5.83. The molecule has 0 bridgehead atoms. The van der Waals surface area contributed by atoms with Crippen LogP contribution in [0.25, 0.3) is 0 Å². The normalized spacial score (nSPS) is 12.8. The molecule has 0 aromatic rings. The third-order valence-corrected chi connectivity index (χ3v) is 9.77. The minimum atomic E-state index is -1.01. The Morgan fingerprint density at radius 1 is 0.569 bits per heavy atom. The molecule has 0 rings (SSSR count). The second-order valence-corrected chi connectivity index (χ2v) is 14.8. The summed E-state index contributed by atoms with van der Waals surface area (Å²) in [5.41, 5.74) is 5.48. The molecule has 7 heteroatoms. The molecule has 7 nitrogen and oxygen atoms in total. The zero-order valence-corrected chi connectivity index (χ0v) is 33.5. The zero-order valence-electron chi connectivity index (χ0n) is 33.5. The highest BCUT2D eigenvalue weighted by atomic mass is 16.5. The lowest BCUT2D eigenvalue weighted by atomic mass is 10.0. The maximum atomic E-state index is 12.8. The fraction of sp³-hybridized carbons (Fsp3) is 0.841. The molecule has 0 heterocycles. The summed E-state index contributed by atoms with van der Waals surface area (Å²) in [6, 6.07) is -0.859. The molecule has 0 aliphatic heterocycles. The van der Waals surface area contributed by atoms with Gasteiger partial charge in [0, 0.05) is 12.8 Å². The number of esters is 1. The van der Waals surface area contributed by atoms with Gasteiger partial charge in [0.2, 0.25) is 5.91 Å². The minimum Gasteiger partial charge on any atom is -0.480 e. The number of unbranched alkanes of at least 4 members (excludes halogenated alkanes) is 21. The van der Waals surface area contributed by atoms with Crippen molar-refractivity contribution in [3.05, 3.63) is 24.3 Å². The van der Waals surface area contributed by atoms with Crippen LogP contribution in [0, 0.1) is 0 Å². The molecule has 0 aliphatic rings. The van der Waals surface area contributed by atoms with Gasteiger partial charge in [-0.15, -0.1) is 0 Å². The monoisotopic (exact) mass is 719 g/mol.